The van der Waals surface area contributed by atoms with Crippen LogP contribution in [0.15, 0.2) is 0 Å². The molecule has 0 aliphatic carbocycles. The number of ether oxygens (including phenoxy) is 1. The first-order valence-corrected chi connectivity index (χ1v) is 6.59. The molecule has 1 saturated heterocycles. The first-order valence-electron chi connectivity index (χ1n) is 6.59. The fourth-order valence-electron chi connectivity index (χ4n) is 1.88. The number of nitrogens with one attached hydrogen (secondary N) is 1. The van der Waals surface area contributed by atoms with Crippen molar-refractivity contribution in [1.82, 2.24) is 10.2 Å². The Kier molecular flexibility index (Phi) is 5.50. The van der Waals surface area contributed by atoms with Gasteiger partial charge in [0.25, 0.3) is 0 Å². The molecule has 0 saturated carbocycles. The third-order valence-electron chi connectivity index (χ3n) is 3.04. The predicted octanol–water partition coefficient (Wildman–Crippen LogP) is -0.149. The Labute approximate surface area is 118 Å². The van der Waals surface area contributed by atoms with E-state index in [9.17, 15) is 14.4 Å². The Bertz CT molecular complexity index is 389. The molecule has 114 valence electrons. The van der Waals surface area contributed by atoms with Gasteiger partial charge in [0.2, 0.25) is 11.8 Å². The first kappa shape index (κ1) is 16.4. The van der Waals surface area contributed by atoms with E-state index in [4.69, 9.17) is 9.84 Å². The Morgan fingerprint density at radius 3 is 2.55 bits per heavy atom. The SMILES string of the molecule is CC(C)(C)C(=O)NCC(=O)N1CCOCC1CC(=O)O. The quantitative estimate of drug-likeness (QED) is 0.749. The van der Waals surface area contributed by atoms with Crippen LogP contribution in [0.1, 0.15) is 27.2 Å². The zero-order chi connectivity index (χ0) is 15.3. The zero-order valence-corrected chi connectivity index (χ0v) is 12.1. The van der Waals surface area contributed by atoms with E-state index in [1.54, 1.807) is 20.8 Å². The van der Waals surface area contributed by atoms with Crippen molar-refractivity contribution >= 4 is 17.8 Å². The van der Waals surface area contributed by atoms with E-state index in [0.29, 0.717) is 13.2 Å². The van der Waals surface area contributed by atoms with Crippen LogP contribution >= 0.6 is 0 Å². The minimum Gasteiger partial charge on any atom is -0.481 e. The summed E-state index contributed by atoms with van der Waals surface area (Å²) in [6, 6.07) is -0.472. The molecule has 7 nitrogen and oxygen atoms in total. The highest BCUT2D eigenvalue weighted by atomic mass is 16.5. The summed E-state index contributed by atoms with van der Waals surface area (Å²) in [6.45, 7) is 6.10. The zero-order valence-electron chi connectivity index (χ0n) is 12.1. The molecule has 20 heavy (non-hydrogen) atoms. The van der Waals surface area contributed by atoms with Gasteiger partial charge in [0.1, 0.15) is 0 Å². The molecule has 1 rings (SSSR count). The summed E-state index contributed by atoms with van der Waals surface area (Å²) < 4.78 is 5.20. The molecule has 1 unspecified atom stereocenters. The lowest BCUT2D eigenvalue weighted by Gasteiger charge is -2.35. The summed E-state index contributed by atoms with van der Waals surface area (Å²) in [7, 11) is 0. The molecule has 1 fully saturated rings. The Morgan fingerprint density at radius 1 is 1.35 bits per heavy atom. The van der Waals surface area contributed by atoms with Crippen LogP contribution in [0.25, 0.3) is 0 Å². The third kappa shape index (κ3) is 4.80. The third-order valence-corrected chi connectivity index (χ3v) is 3.04. The number of hydrogen-bond acceptors (Lipinski definition) is 4. The average Bonchev–Trinajstić information content (AvgIpc) is 2.34. The van der Waals surface area contributed by atoms with Crippen LogP contribution in [0.4, 0.5) is 0 Å². The van der Waals surface area contributed by atoms with Gasteiger partial charge >= 0.3 is 5.97 Å². The van der Waals surface area contributed by atoms with Crippen LogP contribution in [-0.4, -0.2) is 60.1 Å². The van der Waals surface area contributed by atoms with Gasteiger partial charge in [-0.15, -0.1) is 0 Å². The van der Waals surface area contributed by atoms with Gasteiger partial charge in [0, 0.05) is 12.0 Å². The summed E-state index contributed by atoms with van der Waals surface area (Å²) >= 11 is 0. The minimum absolute atomic E-state index is 0.119. The molecule has 1 aliphatic rings. The minimum atomic E-state index is -0.975. The molecule has 0 aromatic heterocycles. The maximum absolute atomic E-state index is 12.1. The van der Waals surface area contributed by atoms with Crippen molar-refractivity contribution in [3.8, 4) is 0 Å². The summed E-state index contributed by atoms with van der Waals surface area (Å²) in [6.07, 6.45) is -0.154. The van der Waals surface area contributed by atoms with Gasteiger partial charge in [-0.1, -0.05) is 20.8 Å². The Morgan fingerprint density at radius 2 is 2.00 bits per heavy atom. The van der Waals surface area contributed by atoms with Crippen molar-refractivity contribution in [3.63, 3.8) is 0 Å². The van der Waals surface area contributed by atoms with Crippen molar-refractivity contribution in [1.29, 1.82) is 0 Å². The summed E-state index contributed by atoms with van der Waals surface area (Å²) in [4.78, 5) is 36.0. The second-order valence-electron chi connectivity index (χ2n) is 5.85. The van der Waals surface area contributed by atoms with Gasteiger partial charge in [0.05, 0.1) is 32.2 Å². The summed E-state index contributed by atoms with van der Waals surface area (Å²) in [5, 5.41) is 11.4. The number of carboxylic acid groups (broad SMARTS) is 1. The van der Waals surface area contributed by atoms with Crippen LogP contribution in [-0.2, 0) is 19.1 Å². The maximum atomic E-state index is 12.1. The number of morpholine rings is 1. The number of carbonyl (C=O) groups is 3. The van der Waals surface area contributed by atoms with Crippen LogP contribution in [0.2, 0.25) is 0 Å². The van der Waals surface area contributed by atoms with Gasteiger partial charge in [-0.2, -0.15) is 0 Å². The van der Waals surface area contributed by atoms with Crippen molar-refractivity contribution in [2.75, 3.05) is 26.3 Å². The van der Waals surface area contributed by atoms with Gasteiger partial charge in [-0.05, 0) is 0 Å². The molecule has 0 bridgehead atoms. The van der Waals surface area contributed by atoms with Crippen LogP contribution in [0.3, 0.4) is 0 Å². The van der Waals surface area contributed by atoms with E-state index >= 15 is 0 Å². The lowest BCUT2D eigenvalue weighted by Crippen LogP contribution is -2.53. The van der Waals surface area contributed by atoms with Crippen LogP contribution in [0, 0.1) is 5.41 Å². The van der Waals surface area contributed by atoms with Gasteiger partial charge < -0.3 is 20.1 Å². The lowest BCUT2D eigenvalue weighted by molar-refractivity contribution is -0.147. The summed E-state index contributed by atoms with van der Waals surface area (Å²) in [5.41, 5.74) is -0.564. The molecule has 0 spiro atoms. The Balaban J connectivity index is 2.55. The molecule has 0 aromatic carbocycles. The average molecular weight is 286 g/mol. The maximum Gasteiger partial charge on any atom is 0.305 e. The van der Waals surface area contributed by atoms with E-state index in [-0.39, 0.29) is 31.4 Å². The number of rotatable bonds is 4. The van der Waals surface area contributed by atoms with E-state index in [1.807, 2.05) is 0 Å². The molecule has 1 atom stereocenters. The molecule has 1 aliphatic heterocycles. The van der Waals surface area contributed by atoms with E-state index in [0.717, 1.165) is 0 Å². The predicted molar refractivity (Wildman–Crippen MR) is 71.0 cm³/mol. The molecule has 7 heteroatoms. The van der Waals surface area contributed by atoms with Crippen LogP contribution < -0.4 is 5.32 Å². The first-order chi connectivity index (χ1) is 9.21. The van der Waals surface area contributed by atoms with Crippen molar-refractivity contribution in [3.05, 3.63) is 0 Å². The lowest BCUT2D eigenvalue weighted by atomic mass is 9.96. The highest BCUT2D eigenvalue weighted by Gasteiger charge is 2.30. The smallest absolute Gasteiger partial charge is 0.305 e. The van der Waals surface area contributed by atoms with E-state index < -0.39 is 17.4 Å². The number of amides is 2. The second kappa shape index (κ2) is 6.69. The fraction of sp³-hybridized carbons (Fsp3) is 0.769. The topological polar surface area (TPSA) is 95.9 Å². The number of nitrogens with zero attached hydrogens (tertiary/aromatic N) is 1. The van der Waals surface area contributed by atoms with Crippen LogP contribution in [0.5, 0.6) is 0 Å². The Hall–Kier alpha value is -1.63. The highest BCUT2D eigenvalue weighted by molar-refractivity contribution is 5.87. The molecule has 1 heterocycles. The monoisotopic (exact) mass is 286 g/mol. The normalized spacial score (nSPS) is 19.6. The second-order valence-corrected chi connectivity index (χ2v) is 5.85. The molecular weight excluding hydrogens is 264 g/mol. The van der Waals surface area contributed by atoms with Gasteiger partial charge in [-0.25, -0.2) is 0 Å². The summed E-state index contributed by atoms with van der Waals surface area (Å²) in [5.74, 6) is -1.47. The van der Waals surface area contributed by atoms with Crippen molar-refractivity contribution in [2.45, 2.75) is 33.2 Å². The highest BCUT2D eigenvalue weighted by Crippen LogP contribution is 2.13. The number of carboxylic acids is 1. The van der Waals surface area contributed by atoms with E-state index in [2.05, 4.69) is 5.32 Å². The molecule has 0 radical (unpaired) electrons. The largest absolute Gasteiger partial charge is 0.481 e. The molecule has 2 N–H and O–H groups in total. The fourth-order valence-corrected chi connectivity index (χ4v) is 1.88. The standard InChI is InChI=1S/C13H22N2O5/c1-13(2,3)12(19)14-7-10(16)15-4-5-20-8-9(15)6-11(17)18/h9H,4-8H2,1-3H3,(H,14,19)(H,17,18). The number of aliphatic carboxylic acids is 1. The van der Waals surface area contributed by atoms with Crippen molar-refractivity contribution < 1.29 is 24.2 Å². The van der Waals surface area contributed by atoms with Crippen molar-refractivity contribution in [2.24, 2.45) is 5.41 Å². The van der Waals surface area contributed by atoms with E-state index in [1.165, 1.54) is 4.90 Å². The molecular formula is C13H22N2O5. The molecule has 2 amide bonds. The van der Waals surface area contributed by atoms with Gasteiger partial charge in [-0.3, -0.25) is 14.4 Å². The van der Waals surface area contributed by atoms with Gasteiger partial charge in [0.15, 0.2) is 0 Å². The molecule has 0 aromatic rings. The number of hydrogen-bond donors (Lipinski definition) is 2. The number of carbonyl (C=O) groups excluding carboxylic acids is 2.